The highest BCUT2D eigenvalue weighted by molar-refractivity contribution is 6.20. The normalized spacial score (nSPS) is 14.2. The van der Waals surface area contributed by atoms with Gasteiger partial charge in [0.25, 0.3) is 0 Å². The summed E-state index contributed by atoms with van der Waals surface area (Å²) in [5.74, 6) is 0. The standard InChI is InChI=1S/C42H34N2/c1-31(35-19-21-39(22-20-35)41-14-9-27-43-29-41)42(40-25-23-38(24-26-40)37-12-7-4-8-13-37)30-44-32(2)36-17-15-34(16-18-36)28-33-10-5-3-6-11-33/h3-10,12-30H,2,11H2,1H3/b33-28+,42-31-,44-30-. The van der Waals surface area contributed by atoms with Crippen LogP contribution in [0.4, 0.5) is 0 Å². The Kier molecular flexibility index (Phi) is 8.80. The summed E-state index contributed by atoms with van der Waals surface area (Å²) < 4.78 is 0. The second-order valence-corrected chi connectivity index (χ2v) is 10.8. The predicted molar refractivity (Wildman–Crippen MR) is 189 cm³/mol. The average Bonchev–Trinajstić information content (AvgIpc) is 3.10. The molecule has 0 amide bonds. The zero-order valence-electron chi connectivity index (χ0n) is 24.9. The monoisotopic (exact) mass is 566 g/mol. The molecule has 0 fully saturated rings. The maximum Gasteiger partial charge on any atom is 0.0630 e. The molecule has 2 nitrogen and oxygen atoms in total. The number of aliphatic imine (C=N–C) groups is 1. The van der Waals surface area contributed by atoms with E-state index in [-0.39, 0.29) is 0 Å². The molecule has 4 aromatic carbocycles. The Labute approximate surface area is 260 Å². The molecule has 0 N–H and O–H groups in total. The third-order valence-electron chi connectivity index (χ3n) is 7.88. The van der Waals surface area contributed by atoms with Crippen LogP contribution in [0, 0.1) is 0 Å². The molecule has 0 radical (unpaired) electrons. The van der Waals surface area contributed by atoms with Gasteiger partial charge in [0.2, 0.25) is 0 Å². The third kappa shape index (κ3) is 6.88. The van der Waals surface area contributed by atoms with Gasteiger partial charge in [-0.1, -0.05) is 146 Å². The van der Waals surface area contributed by atoms with Gasteiger partial charge in [0.05, 0.1) is 5.70 Å². The first-order valence-corrected chi connectivity index (χ1v) is 14.9. The lowest BCUT2D eigenvalue weighted by atomic mass is 9.94. The molecule has 0 bridgehead atoms. The van der Waals surface area contributed by atoms with Crippen LogP contribution in [0.3, 0.4) is 0 Å². The van der Waals surface area contributed by atoms with Gasteiger partial charge in [-0.15, -0.1) is 0 Å². The van der Waals surface area contributed by atoms with Crippen LogP contribution in [0.15, 0.2) is 169 Å². The number of aromatic nitrogens is 1. The molecule has 0 saturated heterocycles. The molecule has 1 heterocycles. The lowest BCUT2D eigenvalue weighted by molar-refractivity contribution is 1.28. The summed E-state index contributed by atoms with van der Waals surface area (Å²) in [7, 11) is 0. The average molecular weight is 567 g/mol. The molecule has 1 aromatic heterocycles. The predicted octanol–water partition coefficient (Wildman–Crippen LogP) is 11.0. The molecule has 0 spiro atoms. The maximum absolute atomic E-state index is 4.89. The van der Waals surface area contributed by atoms with E-state index in [1.165, 1.54) is 22.3 Å². The lowest BCUT2D eigenvalue weighted by Crippen LogP contribution is -1.93. The molecule has 0 saturated carbocycles. The van der Waals surface area contributed by atoms with Crippen molar-refractivity contribution in [3.8, 4) is 22.3 Å². The van der Waals surface area contributed by atoms with Gasteiger partial charge in [-0.3, -0.25) is 9.98 Å². The van der Waals surface area contributed by atoms with Gasteiger partial charge >= 0.3 is 0 Å². The number of hydrogen-bond donors (Lipinski definition) is 0. The molecular weight excluding hydrogens is 532 g/mol. The van der Waals surface area contributed by atoms with Crippen molar-refractivity contribution in [1.29, 1.82) is 0 Å². The van der Waals surface area contributed by atoms with Crippen LogP contribution in [0.5, 0.6) is 0 Å². The highest BCUT2D eigenvalue weighted by Crippen LogP contribution is 2.30. The number of rotatable bonds is 8. The molecule has 44 heavy (non-hydrogen) atoms. The van der Waals surface area contributed by atoms with E-state index in [1.54, 1.807) is 6.20 Å². The van der Waals surface area contributed by atoms with E-state index in [4.69, 9.17) is 4.99 Å². The molecule has 212 valence electrons. The fourth-order valence-electron chi connectivity index (χ4n) is 5.30. The number of pyridine rings is 1. The van der Waals surface area contributed by atoms with E-state index in [0.717, 1.165) is 51.1 Å². The van der Waals surface area contributed by atoms with Gasteiger partial charge in [-0.25, -0.2) is 0 Å². The van der Waals surface area contributed by atoms with E-state index >= 15 is 0 Å². The van der Waals surface area contributed by atoms with Crippen molar-refractivity contribution in [3.63, 3.8) is 0 Å². The third-order valence-corrected chi connectivity index (χ3v) is 7.88. The first-order valence-electron chi connectivity index (χ1n) is 14.9. The molecule has 5 aromatic rings. The van der Waals surface area contributed by atoms with E-state index in [1.807, 2.05) is 24.5 Å². The first-order chi connectivity index (χ1) is 21.6. The maximum atomic E-state index is 4.89. The molecule has 0 atom stereocenters. The topological polar surface area (TPSA) is 25.2 Å². The molecule has 6 rings (SSSR count). The van der Waals surface area contributed by atoms with Gasteiger partial charge in [0, 0.05) is 24.2 Å². The van der Waals surface area contributed by atoms with Crippen LogP contribution >= 0.6 is 0 Å². The number of benzene rings is 4. The smallest absolute Gasteiger partial charge is 0.0630 e. The minimum absolute atomic E-state index is 0.725. The Morgan fingerprint density at radius 1 is 0.682 bits per heavy atom. The number of allylic oxidation sites excluding steroid dienone is 7. The summed E-state index contributed by atoms with van der Waals surface area (Å²) in [6.45, 7) is 6.46. The van der Waals surface area contributed by atoms with Crippen molar-refractivity contribution >= 4 is 29.1 Å². The van der Waals surface area contributed by atoms with Crippen molar-refractivity contribution in [1.82, 2.24) is 4.98 Å². The molecule has 0 aliphatic heterocycles. The fourth-order valence-corrected chi connectivity index (χ4v) is 5.30. The fraction of sp³-hybridized carbons (Fsp3) is 0.0476. The first kappa shape index (κ1) is 28.5. The van der Waals surface area contributed by atoms with E-state index in [0.29, 0.717) is 0 Å². The lowest BCUT2D eigenvalue weighted by Gasteiger charge is -2.12. The van der Waals surface area contributed by atoms with E-state index in [2.05, 4.69) is 152 Å². The summed E-state index contributed by atoms with van der Waals surface area (Å²) in [6, 6.07) is 40.3. The van der Waals surface area contributed by atoms with Gasteiger partial charge in [0.1, 0.15) is 0 Å². The van der Waals surface area contributed by atoms with Gasteiger partial charge < -0.3 is 0 Å². The Balaban J connectivity index is 1.30. The summed E-state index contributed by atoms with van der Waals surface area (Å²) in [4.78, 5) is 9.16. The summed E-state index contributed by atoms with van der Waals surface area (Å²) in [5.41, 5.74) is 13.3. The van der Waals surface area contributed by atoms with Crippen molar-refractivity contribution < 1.29 is 0 Å². The largest absolute Gasteiger partial charge is 0.264 e. The number of hydrogen-bond acceptors (Lipinski definition) is 2. The van der Waals surface area contributed by atoms with Crippen LogP contribution < -0.4 is 0 Å². The SMILES string of the molecule is C=C(/N=C\C(=C(/C)c1ccc(-c2cccnc2)cc1)c1ccc(-c2ccccc2)cc1)c1ccc(/C=C2\C=CC=CC2)cc1. The summed E-state index contributed by atoms with van der Waals surface area (Å²) in [6.07, 6.45) is 17.3. The molecule has 1 aliphatic rings. The second-order valence-electron chi connectivity index (χ2n) is 10.8. The molecule has 0 unspecified atom stereocenters. The Hall–Kier alpha value is -5.60. The van der Waals surface area contributed by atoms with Gasteiger partial charge in [-0.05, 0) is 75.1 Å². The summed E-state index contributed by atoms with van der Waals surface area (Å²) in [5, 5.41) is 0. The zero-order valence-corrected chi connectivity index (χ0v) is 24.9. The van der Waals surface area contributed by atoms with Crippen LogP contribution in [0.2, 0.25) is 0 Å². The molecular formula is C42H34N2. The van der Waals surface area contributed by atoms with E-state index in [9.17, 15) is 0 Å². The van der Waals surface area contributed by atoms with Crippen molar-refractivity contribution in [2.75, 3.05) is 0 Å². The van der Waals surface area contributed by atoms with Gasteiger partial charge in [-0.2, -0.15) is 0 Å². The highest BCUT2D eigenvalue weighted by Gasteiger charge is 2.09. The number of nitrogens with zero attached hydrogens (tertiary/aromatic N) is 2. The second kappa shape index (κ2) is 13.6. The Morgan fingerprint density at radius 2 is 1.32 bits per heavy atom. The van der Waals surface area contributed by atoms with Crippen LogP contribution in [-0.2, 0) is 0 Å². The van der Waals surface area contributed by atoms with Crippen LogP contribution in [0.25, 0.3) is 45.2 Å². The highest BCUT2D eigenvalue weighted by atomic mass is 14.7. The zero-order chi connectivity index (χ0) is 30.1. The van der Waals surface area contributed by atoms with Gasteiger partial charge in [0.15, 0.2) is 0 Å². The Bertz CT molecular complexity index is 1890. The Morgan fingerprint density at radius 3 is 1.98 bits per heavy atom. The minimum atomic E-state index is 0.725. The van der Waals surface area contributed by atoms with Crippen LogP contribution in [0.1, 0.15) is 35.6 Å². The summed E-state index contributed by atoms with van der Waals surface area (Å²) >= 11 is 0. The minimum Gasteiger partial charge on any atom is -0.264 e. The van der Waals surface area contributed by atoms with Crippen molar-refractivity contribution in [2.24, 2.45) is 4.99 Å². The van der Waals surface area contributed by atoms with Crippen LogP contribution in [-0.4, -0.2) is 11.2 Å². The molecule has 1 aliphatic carbocycles. The quantitative estimate of drug-likeness (QED) is 0.135. The molecule has 2 heteroatoms. The van der Waals surface area contributed by atoms with Crippen molar-refractivity contribution in [2.45, 2.75) is 13.3 Å². The van der Waals surface area contributed by atoms with E-state index < -0.39 is 0 Å². The van der Waals surface area contributed by atoms with Crippen molar-refractivity contribution in [3.05, 3.63) is 186 Å².